The van der Waals surface area contributed by atoms with Crippen molar-refractivity contribution in [2.45, 2.75) is 46.7 Å². The lowest BCUT2D eigenvalue weighted by molar-refractivity contribution is -0.138. The largest absolute Gasteiger partial charge is 0.480 e. The minimum Gasteiger partial charge on any atom is -0.480 e. The molecule has 0 aliphatic heterocycles. The van der Waals surface area contributed by atoms with Crippen molar-refractivity contribution in [1.29, 1.82) is 0 Å². The van der Waals surface area contributed by atoms with Crippen LogP contribution in [0.25, 0.3) is 11.1 Å². The molecule has 3 N–H and O–H groups in total. The zero-order chi connectivity index (χ0) is 24.3. The van der Waals surface area contributed by atoms with Crippen molar-refractivity contribution < 1.29 is 14.7 Å². The molecule has 6 heteroatoms. The average Bonchev–Trinajstić information content (AvgIpc) is 2.75. The van der Waals surface area contributed by atoms with Crippen LogP contribution in [-0.2, 0) is 4.79 Å². The number of amides is 1. The zero-order valence-corrected chi connectivity index (χ0v) is 20.2. The first-order valence-corrected chi connectivity index (χ1v) is 11.2. The molecule has 0 saturated carbocycles. The number of hydrogen-bond donors (Lipinski definition) is 3. The fourth-order valence-corrected chi connectivity index (χ4v) is 4.00. The lowest BCUT2D eigenvalue weighted by Gasteiger charge is -2.18. The van der Waals surface area contributed by atoms with Crippen molar-refractivity contribution >= 4 is 29.2 Å². The molecule has 0 saturated heterocycles. The summed E-state index contributed by atoms with van der Waals surface area (Å²) < 4.78 is 0. The number of nitrogens with one attached hydrogen (secondary N) is 2. The quantitative estimate of drug-likeness (QED) is 0.383. The third-order valence-electron chi connectivity index (χ3n) is 5.74. The second-order valence-corrected chi connectivity index (χ2v) is 8.88. The van der Waals surface area contributed by atoms with E-state index in [1.54, 1.807) is 0 Å². The number of halogens is 1. The Bertz CT molecular complexity index is 1180. The van der Waals surface area contributed by atoms with Gasteiger partial charge in [-0.25, -0.2) is 0 Å². The Kier molecular flexibility index (Phi) is 7.44. The van der Waals surface area contributed by atoms with Gasteiger partial charge in [-0.2, -0.15) is 0 Å². The summed E-state index contributed by atoms with van der Waals surface area (Å²) in [6, 6.07) is 17.2. The van der Waals surface area contributed by atoms with E-state index in [4.69, 9.17) is 16.7 Å². The number of carbonyl (C=O) groups is 2. The summed E-state index contributed by atoms with van der Waals surface area (Å²) in [4.78, 5) is 23.7. The van der Waals surface area contributed by atoms with E-state index < -0.39 is 12.0 Å². The Hall–Kier alpha value is -3.31. The molecule has 0 aromatic heterocycles. The Morgan fingerprint density at radius 1 is 0.879 bits per heavy atom. The molecule has 0 bridgehead atoms. The van der Waals surface area contributed by atoms with Crippen molar-refractivity contribution in [2.75, 3.05) is 5.32 Å². The highest BCUT2D eigenvalue weighted by Crippen LogP contribution is 2.29. The van der Waals surface area contributed by atoms with E-state index in [0.29, 0.717) is 5.56 Å². The van der Waals surface area contributed by atoms with Gasteiger partial charge >= 0.3 is 5.97 Å². The van der Waals surface area contributed by atoms with Gasteiger partial charge < -0.3 is 15.7 Å². The maximum atomic E-state index is 12.6. The van der Waals surface area contributed by atoms with Gasteiger partial charge in [-0.1, -0.05) is 48.0 Å². The normalized spacial score (nSPS) is 12.7. The monoisotopic (exact) mass is 464 g/mol. The first kappa shape index (κ1) is 24.3. The summed E-state index contributed by atoms with van der Waals surface area (Å²) in [5.74, 6) is -1.45. The Labute approximate surface area is 199 Å². The van der Waals surface area contributed by atoms with Crippen LogP contribution >= 0.6 is 11.6 Å². The molecule has 0 aliphatic carbocycles. The van der Waals surface area contributed by atoms with Crippen LogP contribution in [0.2, 0.25) is 5.02 Å². The molecule has 0 heterocycles. The molecule has 0 fully saturated rings. The highest BCUT2D eigenvalue weighted by molar-refractivity contribution is 6.31. The van der Waals surface area contributed by atoms with E-state index >= 15 is 0 Å². The molecule has 5 nitrogen and oxygen atoms in total. The lowest BCUT2D eigenvalue weighted by atomic mass is 9.94. The summed E-state index contributed by atoms with van der Waals surface area (Å²) in [7, 11) is 0. The number of hydrogen-bond acceptors (Lipinski definition) is 3. The number of carboxylic acids is 1. The number of rotatable bonds is 7. The Balaban J connectivity index is 1.84. The van der Waals surface area contributed by atoms with E-state index in [1.807, 2.05) is 63.2 Å². The molecule has 3 rings (SSSR count). The highest BCUT2D eigenvalue weighted by atomic mass is 35.5. The summed E-state index contributed by atoms with van der Waals surface area (Å²) in [5, 5.41) is 15.9. The van der Waals surface area contributed by atoms with E-state index in [-0.39, 0.29) is 11.9 Å². The molecule has 0 radical (unpaired) electrons. The first-order valence-electron chi connectivity index (χ1n) is 10.8. The van der Waals surface area contributed by atoms with E-state index in [9.17, 15) is 9.59 Å². The topological polar surface area (TPSA) is 78.4 Å². The molecule has 3 aromatic rings. The SMILES string of the molecule is Cc1cc([C@@H](C)Nc2cccc(-c3cc(C)c(C(=O)NC(C)C(=O)O)c(C)c3)c2)ccc1Cl. The van der Waals surface area contributed by atoms with E-state index in [1.165, 1.54) is 6.92 Å². The Morgan fingerprint density at radius 2 is 1.55 bits per heavy atom. The third kappa shape index (κ3) is 5.74. The van der Waals surface area contributed by atoms with Gasteiger partial charge in [0.25, 0.3) is 5.91 Å². The number of aryl methyl sites for hydroxylation is 3. The van der Waals surface area contributed by atoms with Crippen molar-refractivity contribution in [3.63, 3.8) is 0 Å². The standard InChI is InChI=1S/C27H29ClN2O3/c1-15-11-20(9-10-24(15)28)18(4)29-23-8-6-7-21(14-23)22-12-16(2)25(17(3)13-22)26(31)30-19(5)27(32)33/h6-14,18-19,29H,1-5H3,(H,30,31)(H,32,33)/t18-,19?/m1/s1. The predicted molar refractivity (Wildman–Crippen MR) is 134 cm³/mol. The number of carboxylic acid groups (broad SMARTS) is 1. The van der Waals surface area contributed by atoms with Crippen molar-refractivity contribution in [2.24, 2.45) is 0 Å². The molecule has 0 spiro atoms. The number of carbonyl (C=O) groups excluding carboxylic acids is 1. The van der Waals surface area contributed by atoms with Gasteiger partial charge in [-0.15, -0.1) is 0 Å². The van der Waals surface area contributed by atoms with Crippen molar-refractivity contribution in [3.8, 4) is 11.1 Å². The molecular formula is C27H29ClN2O3. The number of benzene rings is 3. The number of aliphatic carboxylic acids is 1. The van der Waals surface area contributed by atoms with Gasteiger partial charge in [0.05, 0.1) is 0 Å². The summed E-state index contributed by atoms with van der Waals surface area (Å²) >= 11 is 6.16. The summed E-state index contributed by atoms with van der Waals surface area (Å²) in [5.41, 5.74) is 7.30. The van der Waals surface area contributed by atoms with Crippen LogP contribution in [0.5, 0.6) is 0 Å². The summed E-state index contributed by atoms with van der Waals surface area (Å²) in [6.07, 6.45) is 0. The second kappa shape index (κ2) is 10.1. The fourth-order valence-electron chi connectivity index (χ4n) is 3.88. The van der Waals surface area contributed by atoms with Gasteiger partial charge in [0, 0.05) is 22.3 Å². The van der Waals surface area contributed by atoms with Crippen LogP contribution < -0.4 is 10.6 Å². The van der Waals surface area contributed by atoms with E-state index in [2.05, 4.69) is 29.7 Å². The second-order valence-electron chi connectivity index (χ2n) is 8.47. The van der Waals surface area contributed by atoms with Gasteiger partial charge in [0.2, 0.25) is 0 Å². The maximum absolute atomic E-state index is 12.6. The molecule has 33 heavy (non-hydrogen) atoms. The molecule has 2 atom stereocenters. The van der Waals surface area contributed by atoms with Gasteiger partial charge in [-0.05, 0) is 86.2 Å². The van der Waals surface area contributed by atoms with E-state index in [0.717, 1.165) is 44.1 Å². The Morgan fingerprint density at radius 3 is 2.15 bits per heavy atom. The van der Waals surface area contributed by atoms with Crippen LogP contribution in [0.4, 0.5) is 5.69 Å². The molecule has 1 amide bonds. The highest BCUT2D eigenvalue weighted by Gasteiger charge is 2.19. The molecular weight excluding hydrogens is 436 g/mol. The van der Waals surface area contributed by atoms with Crippen LogP contribution in [-0.4, -0.2) is 23.0 Å². The minimum atomic E-state index is -1.07. The van der Waals surface area contributed by atoms with Crippen molar-refractivity contribution in [1.82, 2.24) is 5.32 Å². The maximum Gasteiger partial charge on any atom is 0.325 e. The lowest BCUT2D eigenvalue weighted by Crippen LogP contribution is -2.38. The van der Waals surface area contributed by atoms with Gasteiger partial charge in [-0.3, -0.25) is 9.59 Å². The van der Waals surface area contributed by atoms with Crippen LogP contribution in [0, 0.1) is 20.8 Å². The minimum absolute atomic E-state index is 0.0991. The predicted octanol–water partition coefficient (Wildman–Crippen LogP) is 6.31. The smallest absolute Gasteiger partial charge is 0.325 e. The molecule has 3 aromatic carbocycles. The molecule has 0 aliphatic rings. The van der Waals surface area contributed by atoms with Gasteiger partial charge in [0.15, 0.2) is 0 Å². The van der Waals surface area contributed by atoms with Crippen LogP contribution in [0.15, 0.2) is 54.6 Å². The van der Waals surface area contributed by atoms with Crippen LogP contribution in [0.1, 0.15) is 52.5 Å². The summed E-state index contributed by atoms with van der Waals surface area (Å²) in [6.45, 7) is 9.28. The van der Waals surface area contributed by atoms with Gasteiger partial charge in [0.1, 0.15) is 6.04 Å². The molecule has 172 valence electrons. The first-order chi connectivity index (χ1) is 15.6. The molecule has 1 unspecified atom stereocenters. The number of anilines is 1. The third-order valence-corrected chi connectivity index (χ3v) is 6.16. The fraction of sp³-hybridized carbons (Fsp3) is 0.259. The average molecular weight is 465 g/mol. The van der Waals surface area contributed by atoms with Crippen molar-refractivity contribution in [3.05, 3.63) is 87.4 Å². The van der Waals surface area contributed by atoms with Crippen LogP contribution in [0.3, 0.4) is 0 Å². The zero-order valence-electron chi connectivity index (χ0n) is 19.5.